The molecule has 5 nitrogen and oxygen atoms in total. The highest BCUT2D eigenvalue weighted by Gasteiger charge is 2.14. The molecule has 0 saturated carbocycles. The molecule has 0 radical (unpaired) electrons. The lowest BCUT2D eigenvalue weighted by molar-refractivity contribution is 0.0929. The van der Waals surface area contributed by atoms with Gasteiger partial charge in [-0.2, -0.15) is 5.10 Å². The molecule has 1 N–H and O–H groups in total. The predicted molar refractivity (Wildman–Crippen MR) is 106 cm³/mol. The summed E-state index contributed by atoms with van der Waals surface area (Å²) in [6.45, 7) is 7.09. The van der Waals surface area contributed by atoms with Gasteiger partial charge in [0.05, 0.1) is 10.7 Å². The van der Waals surface area contributed by atoms with Crippen molar-refractivity contribution in [3.8, 4) is 0 Å². The quantitative estimate of drug-likeness (QED) is 0.426. The maximum Gasteiger partial charge on any atom is 0.307 e. The topological polar surface area (TPSA) is 59.5 Å². The number of hydrogen-bond acceptors (Lipinski definition) is 3. The first-order valence-electron chi connectivity index (χ1n) is 7.79. The smallest absolute Gasteiger partial charge is 0.307 e. The zero-order valence-electron chi connectivity index (χ0n) is 14.1. The van der Waals surface area contributed by atoms with Crippen LogP contribution in [-0.4, -0.2) is 16.7 Å². The minimum Gasteiger partial charge on any atom is -0.450 e. The maximum atomic E-state index is 12.3. The van der Waals surface area contributed by atoms with E-state index in [0.29, 0.717) is 5.58 Å². The third-order valence-corrected chi connectivity index (χ3v) is 5.11. The Balaban J connectivity index is 1.78. The maximum absolute atomic E-state index is 12.3. The summed E-state index contributed by atoms with van der Waals surface area (Å²) >= 11 is 6.85. The number of carbonyl (C=O) groups is 1. The number of aryl methyl sites for hydroxylation is 1. The molecule has 3 aromatic rings. The Hall–Kier alpha value is -1.86. The number of hydrogen-bond donors (Lipinski definition) is 1. The lowest BCUT2D eigenvalue weighted by atomic mass is 10.2. The van der Waals surface area contributed by atoms with Crippen molar-refractivity contribution in [2.75, 3.05) is 0 Å². The molecule has 3 rings (SSSR count). The molecule has 130 valence electrons. The fourth-order valence-electron chi connectivity index (χ4n) is 2.85. The van der Waals surface area contributed by atoms with Gasteiger partial charge in [-0.25, -0.2) is 5.43 Å². The molecule has 1 amide bonds. The molecule has 2 aromatic heterocycles. The number of fused-ring (bicyclic) bond motifs is 1. The van der Waals surface area contributed by atoms with Gasteiger partial charge in [-0.1, -0.05) is 15.9 Å². The van der Waals surface area contributed by atoms with Crippen LogP contribution in [0.15, 0.2) is 42.7 Å². The van der Waals surface area contributed by atoms with Gasteiger partial charge in [0.2, 0.25) is 0 Å². The van der Waals surface area contributed by atoms with Crippen molar-refractivity contribution in [1.82, 2.24) is 9.99 Å². The number of rotatable bonds is 4. The van der Waals surface area contributed by atoms with Gasteiger partial charge in [-0.15, -0.1) is 0 Å². The summed E-state index contributed by atoms with van der Waals surface area (Å²) < 4.78 is 9.51. The van der Waals surface area contributed by atoms with E-state index in [1.165, 1.54) is 5.69 Å². The number of halogens is 2. The molecule has 2 heterocycles. The number of nitrogens with zero attached hydrogens (tertiary/aromatic N) is 2. The molecule has 0 atom stereocenters. The number of hydrazone groups is 1. The van der Waals surface area contributed by atoms with Crippen LogP contribution in [0.2, 0.25) is 0 Å². The van der Waals surface area contributed by atoms with Crippen molar-refractivity contribution in [1.29, 1.82) is 0 Å². The minimum absolute atomic E-state index is 0.213. The standard InChI is InChI=1S/C18H17Br2N3O2/c1-4-23-10(2)5-13(11(23)3)9-21-22-18(24)16-7-12-6-14(19)8-15(20)17(12)25-16/h5-9H,4H2,1-3H3,(H,22,24)/b21-9-. The Morgan fingerprint density at radius 1 is 1.28 bits per heavy atom. The normalized spacial score (nSPS) is 11.6. The first kappa shape index (κ1) is 17.9. The van der Waals surface area contributed by atoms with Crippen LogP contribution in [0.4, 0.5) is 0 Å². The SMILES string of the molecule is CCn1c(C)cc(/C=N\NC(=O)c2cc3cc(Br)cc(Br)c3o2)c1C. The first-order valence-corrected chi connectivity index (χ1v) is 9.38. The second-order valence-corrected chi connectivity index (χ2v) is 7.46. The number of benzene rings is 1. The van der Waals surface area contributed by atoms with E-state index in [1.54, 1.807) is 12.3 Å². The molecular formula is C18H17Br2N3O2. The van der Waals surface area contributed by atoms with E-state index in [9.17, 15) is 4.79 Å². The van der Waals surface area contributed by atoms with E-state index in [4.69, 9.17) is 4.42 Å². The Labute approximate surface area is 162 Å². The molecular weight excluding hydrogens is 450 g/mol. The van der Waals surface area contributed by atoms with Crippen LogP contribution >= 0.6 is 31.9 Å². The number of nitrogens with one attached hydrogen (secondary N) is 1. The Kier molecular flexibility index (Phi) is 5.15. The summed E-state index contributed by atoms with van der Waals surface area (Å²) in [5.41, 5.74) is 6.42. The summed E-state index contributed by atoms with van der Waals surface area (Å²) in [5, 5.41) is 4.89. The van der Waals surface area contributed by atoms with Crippen LogP contribution in [0.25, 0.3) is 11.0 Å². The van der Waals surface area contributed by atoms with E-state index in [1.807, 2.05) is 25.1 Å². The monoisotopic (exact) mass is 465 g/mol. The van der Waals surface area contributed by atoms with Crippen LogP contribution in [-0.2, 0) is 6.54 Å². The number of aromatic nitrogens is 1. The average Bonchev–Trinajstić information content (AvgIpc) is 3.09. The van der Waals surface area contributed by atoms with Crippen LogP contribution in [0.3, 0.4) is 0 Å². The van der Waals surface area contributed by atoms with Gasteiger partial charge in [0.15, 0.2) is 5.76 Å². The van der Waals surface area contributed by atoms with Crippen LogP contribution in [0.1, 0.15) is 34.4 Å². The number of carbonyl (C=O) groups excluding carboxylic acids is 1. The van der Waals surface area contributed by atoms with Gasteiger partial charge < -0.3 is 8.98 Å². The van der Waals surface area contributed by atoms with E-state index in [0.717, 1.165) is 32.1 Å². The third-order valence-electron chi connectivity index (χ3n) is 4.06. The Bertz CT molecular complexity index is 986. The van der Waals surface area contributed by atoms with Crippen LogP contribution in [0.5, 0.6) is 0 Å². The molecule has 0 unspecified atom stereocenters. The zero-order valence-corrected chi connectivity index (χ0v) is 17.2. The highest BCUT2D eigenvalue weighted by Crippen LogP contribution is 2.30. The van der Waals surface area contributed by atoms with Crippen molar-refractivity contribution in [2.45, 2.75) is 27.3 Å². The fraction of sp³-hybridized carbons (Fsp3) is 0.222. The Morgan fingerprint density at radius 3 is 2.72 bits per heavy atom. The molecule has 7 heteroatoms. The first-order chi connectivity index (χ1) is 11.9. The number of amides is 1. The van der Waals surface area contributed by atoms with Crippen molar-refractivity contribution in [3.05, 3.63) is 55.9 Å². The van der Waals surface area contributed by atoms with E-state index >= 15 is 0 Å². The summed E-state index contributed by atoms with van der Waals surface area (Å²) in [4.78, 5) is 12.3. The molecule has 0 spiro atoms. The van der Waals surface area contributed by atoms with Crippen LogP contribution in [0, 0.1) is 13.8 Å². The van der Waals surface area contributed by atoms with Gasteiger partial charge in [0.1, 0.15) is 5.58 Å². The molecule has 1 aromatic carbocycles. The average molecular weight is 467 g/mol. The second-order valence-electron chi connectivity index (χ2n) is 5.69. The second kappa shape index (κ2) is 7.17. The Morgan fingerprint density at radius 2 is 2.04 bits per heavy atom. The van der Waals surface area contributed by atoms with Gasteiger partial charge in [-0.05, 0) is 61.0 Å². The summed E-state index contributed by atoms with van der Waals surface area (Å²) in [7, 11) is 0. The molecule has 0 saturated heterocycles. The molecule has 0 aliphatic carbocycles. The summed E-state index contributed by atoms with van der Waals surface area (Å²) in [6, 6.07) is 7.50. The van der Waals surface area contributed by atoms with E-state index < -0.39 is 0 Å². The molecule has 0 aliphatic heterocycles. The molecule has 25 heavy (non-hydrogen) atoms. The molecule has 0 aliphatic rings. The highest BCUT2D eigenvalue weighted by molar-refractivity contribution is 9.11. The highest BCUT2D eigenvalue weighted by atomic mass is 79.9. The molecule has 0 fully saturated rings. The van der Waals surface area contributed by atoms with Crippen LogP contribution < -0.4 is 5.43 Å². The molecule has 0 bridgehead atoms. The summed E-state index contributed by atoms with van der Waals surface area (Å²) in [6.07, 6.45) is 1.65. The van der Waals surface area contributed by atoms with Crippen molar-refractivity contribution < 1.29 is 9.21 Å². The predicted octanol–water partition coefficient (Wildman–Crippen LogP) is 5.16. The van der Waals surface area contributed by atoms with E-state index in [-0.39, 0.29) is 11.7 Å². The van der Waals surface area contributed by atoms with Gasteiger partial charge in [0.25, 0.3) is 0 Å². The largest absolute Gasteiger partial charge is 0.450 e. The van der Waals surface area contributed by atoms with Gasteiger partial charge in [0, 0.05) is 33.4 Å². The number of furan rings is 1. The van der Waals surface area contributed by atoms with Crippen molar-refractivity contribution >= 4 is 55.0 Å². The lowest BCUT2D eigenvalue weighted by Crippen LogP contribution is -2.16. The fourth-order valence-corrected chi connectivity index (χ4v) is 4.19. The third kappa shape index (κ3) is 3.57. The van der Waals surface area contributed by atoms with Crippen molar-refractivity contribution in [3.63, 3.8) is 0 Å². The minimum atomic E-state index is -0.389. The summed E-state index contributed by atoms with van der Waals surface area (Å²) in [5.74, 6) is -0.176. The van der Waals surface area contributed by atoms with Gasteiger partial charge in [-0.3, -0.25) is 4.79 Å². The van der Waals surface area contributed by atoms with Gasteiger partial charge >= 0.3 is 5.91 Å². The van der Waals surface area contributed by atoms with E-state index in [2.05, 4.69) is 60.8 Å². The lowest BCUT2D eigenvalue weighted by Gasteiger charge is -2.04. The zero-order chi connectivity index (χ0) is 18.1. The van der Waals surface area contributed by atoms with Crippen molar-refractivity contribution in [2.24, 2.45) is 5.10 Å².